The van der Waals surface area contributed by atoms with E-state index in [2.05, 4.69) is 45.2 Å². The van der Waals surface area contributed by atoms with E-state index in [-0.39, 0.29) is 12.1 Å². The average molecular weight is 321 g/mol. The maximum atomic E-state index is 11.8. The number of likely N-dealkylation sites (N-methyl/N-ethyl adjacent to an activating group) is 1. The van der Waals surface area contributed by atoms with E-state index in [0.717, 1.165) is 0 Å². The standard InChI is InChI=1S/C16H23N3O2S/c1-19(2)14(10-18-16(20)17-8-9-21-3)13-11-22-15-7-5-4-6-12(13)15/h4-7,11,14H,8-10H2,1-3H3,(H2,17,18,20)/t14-/m1/s1. The number of fused-ring (bicyclic) bond motifs is 1. The summed E-state index contributed by atoms with van der Waals surface area (Å²) in [4.78, 5) is 13.9. The van der Waals surface area contributed by atoms with Crippen LogP contribution < -0.4 is 10.6 Å². The van der Waals surface area contributed by atoms with E-state index in [0.29, 0.717) is 19.7 Å². The summed E-state index contributed by atoms with van der Waals surface area (Å²) in [6.45, 7) is 1.59. The van der Waals surface area contributed by atoms with Gasteiger partial charge >= 0.3 is 6.03 Å². The molecule has 0 fully saturated rings. The van der Waals surface area contributed by atoms with Crippen LogP contribution >= 0.6 is 11.3 Å². The Bertz CT molecular complexity index is 612. The van der Waals surface area contributed by atoms with Crippen molar-refractivity contribution in [2.45, 2.75) is 6.04 Å². The Balaban J connectivity index is 2.03. The summed E-state index contributed by atoms with van der Waals surface area (Å²) in [5.74, 6) is 0. The normalized spacial score (nSPS) is 12.5. The van der Waals surface area contributed by atoms with Crippen molar-refractivity contribution in [1.82, 2.24) is 15.5 Å². The van der Waals surface area contributed by atoms with Crippen molar-refractivity contribution < 1.29 is 9.53 Å². The lowest BCUT2D eigenvalue weighted by molar-refractivity contribution is 0.194. The number of nitrogens with one attached hydrogen (secondary N) is 2. The molecule has 0 unspecified atom stereocenters. The molecule has 0 spiro atoms. The molecule has 1 atom stereocenters. The van der Waals surface area contributed by atoms with Gasteiger partial charge in [0.1, 0.15) is 0 Å². The Labute approximate surface area is 135 Å². The minimum Gasteiger partial charge on any atom is -0.383 e. The Hall–Kier alpha value is -1.63. The molecule has 0 bridgehead atoms. The summed E-state index contributed by atoms with van der Waals surface area (Å²) in [6.07, 6.45) is 0. The summed E-state index contributed by atoms with van der Waals surface area (Å²) < 4.78 is 6.19. The molecule has 0 saturated carbocycles. The minimum atomic E-state index is -0.163. The van der Waals surface area contributed by atoms with Crippen LogP contribution in [0.3, 0.4) is 0 Å². The second kappa shape index (κ2) is 8.12. The third-order valence-electron chi connectivity index (χ3n) is 3.54. The van der Waals surface area contributed by atoms with Crippen LogP contribution in [0.4, 0.5) is 4.79 Å². The van der Waals surface area contributed by atoms with E-state index in [1.165, 1.54) is 15.6 Å². The number of carbonyl (C=O) groups excluding carboxylic acids is 1. The minimum absolute atomic E-state index is 0.143. The molecule has 0 saturated heterocycles. The van der Waals surface area contributed by atoms with Crippen molar-refractivity contribution in [3.05, 3.63) is 35.2 Å². The van der Waals surface area contributed by atoms with Crippen LogP contribution in [0.1, 0.15) is 11.6 Å². The summed E-state index contributed by atoms with van der Waals surface area (Å²) in [5, 5.41) is 9.14. The predicted octanol–water partition coefficient (Wildman–Crippen LogP) is 2.45. The van der Waals surface area contributed by atoms with E-state index in [9.17, 15) is 4.79 Å². The maximum Gasteiger partial charge on any atom is 0.314 e. The van der Waals surface area contributed by atoms with E-state index < -0.39 is 0 Å². The van der Waals surface area contributed by atoms with Gasteiger partial charge in [0.25, 0.3) is 0 Å². The Morgan fingerprint density at radius 2 is 2.09 bits per heavy atom. The average Bonchev–Trinajstić information content (AvgIpc) is 2.91. The molecule has 2 N–H and O–H groups in total. The molecule has 1 heterocycles. The molecule has 1 aromatic carbocycles. The SMILES string of the molecule is COCCNC(=O)NC[C@H](c1csc2ccccc12)N(C)C. The summed E-state index contributed by atoms with van der Waals surface area (Å²) >= 11 is 1.74. The van der Waals surface area contributed by atoms with E-state index in [1.54, 1.807) is 18.4 Å². The van der Waals surface area contributed by atoms with Crippen LogP contribution in [0.25, 0.3) is 10.1 Å². The number of hydrogen-bond donors (Lipinski definition) is 2. The van der Waals surface area contributed by atoms with Gasteiger partial charge in [0.05, 0.1) is 12.6 Å². The molecule has 2 rings (SSSR count). The first-order valence-corrected chi connectivity index (χ1v) is 8.14. The van der Waals surface area contributed by atoms with Gasteiger partial charge in [-0.1, -0.05) is 18.2 Å². The first-order chi connectivity index (χ1) is 10.6. The lowest BCUT2D eigenvalue weighted by Gasteiger charge is -2.24. The smallest absolute Gasteiger partial charge is 0.314 e. The molecule has 0 radical (unpaired) electrons. The molecule has 5 nitrogen and oxygen atoms in total. The molecule has 0 aliphatic rings. The van der Waals surface area contributed by atoms with Crippen LogP contribution in [-0.2, 0) is 4.74 Å². The number of urea groups is 1. The highest BCUT2D eigenvalue weighted by atomic mass is 32.1. The predicted molar refractivity (Wildman–Crippen MR) is 91.5 cm³/mol. The van der Waals surface area contributed by atoms with Crippen molar-refractivity contribution in [3.63, 3.8) is 0 Å². The van der Waals surface area contributed by atoms with Gasteiger partial charge in [-0.2, -0.15) is 0 Å². The number of benzene rings is 1. The first kappa shape index (κ1) is 16.7. The number of carbonyl (C=O) groups is 1. The second-order valence-electron chi connectivity index (χ2n) is 5.30. The van der Waals surface area contributed by atoms with Crippen LogP contribution in [-0.4, -0.2) is 51.8 Å². The number of amides is 2. The van der Waals surface area contributed by atoms with Crippen molar-refractivity contribution in [2.24, 2.45) is 0 Å². The van der Waals surface area contributed by atoms with Crippen LogP contribution in [0, 0.1) is 0 Å². The van der Waals surface area contributed by atoms with Gasteiger partial charge in [0.15, 0.2) is 0 Å². The van der Waals surface area contributed by atoms with Gasteiger partial charge < -0.3 is 20.3 Å². The van der Waals surface area contributed by atoms with Crippen molar-refractivity contribution >= 4 is 27.5 Å². The number of hydrogen-bond acceptors (Lipinski definition) is 4. The van der Waals surface area contributed by atoms with E-state index in [1.807, 2.05) is 14.1 Å². The van der Waals surface area contributed by atoms with Gasteiger partial charge in [-0.3, -0.25) is 0 Å². The fourth-order valence-corrected chi connectivity index (χ4v) is 3.35. The van der Waals surface area contributed by atoms with Gasteiger partial charge in [0, 0.05) is 24.9 Å². The monoisotopic (exact) mass is 321 g/mol. The number of thiophene rings is 1. The number of ether oxygens (including phenoxy) is 1. The van der Waals surface area contributed by atoms with Crippen molar-refractivity contribution in [1.29, 1.82) is 0 Å². The molecule has 2 amide bonds. The zero-order valence-electron chi connectivity index (χ0n) is 13.3. The Kier molecular flexibility index (Phi) is 6.18. The number of methoxy groups -OCH3 is 1. The number of rotatable bonds is 7. The van der Waals surface area contributed by atoms with Gasteiger partial charge in [-0.15, -0.1) is 11.3 Å². The molecule has 0 aliphatic heterocycles. The number of nitrogens with zero attached hydrogens (tertiary/aromatic N) is 1. The molecule has 2 aromatic rings. The highest BCUT2D eigenvalue weighted by molar-refractivity contribution is 7.17. The summed E-state index contributed by atoms with van der Waals surface area (Å²) in [6, 6.07) is 8.34. The second-order valence-corrected chi connectivity index (χ2v) is 6.21. The fraction of sp³-hybridized carbons (Fsp3) is 0.438. The van der Waals surface area contributed by atoms with Crippen molar-refractivity contribution in [3.8, 4) is 0 Å². The lowest BCUT2D eigenvalue weighted by atomic mass is 10.0. The zero-order valence-corrected chi connectivity index (χ0v) is 14.1. The zero-order chi connectivity index (χ0) is 15.9. The molecule has 22 heavy (non-hydrogen) atoms. The third-order valence-corrected chi connectivity index (χ3v) is 4.52. The molecule has 0 aliphatic carbocycles. The van der Waals surface area contributed by atoms with Gasteiger partial charge in [-0.25, -0.2) is 4.79 Å². The lowest BCUT2D eigenvalue weighted by Crippen LogP contribution is -2.41. The molecule has 120 valence electrons. The Morgan fingerprint density at radius 3 is 2.82 bits per heavy atom. The maximum absolute atomic E-state index is 11.8. The van der Waals surface area contributed by atoms with Crippen LogP contribution in [0.15, 0.2) is 29.6 Å². The third kappa shape index (κ3) is 4.19. The molecular weight excluding hydrogens is 298 g/mol. The molecule has 6 heteroatoms. The highest BCUT2D eigenvalue weighted by Gasteiger charge is 2.18. The van der Waals surface area contributed by atoms with Gasteiger partial charge in [-0.05, 0) is 36.5 Å². The van der Waals surface area contributed by atoms with Crippen LogP contribution in [0.5, 0.6) is 0 Å². The highest BCUT2D eigenvalue weighted by Crippen LogP contribution is 2.31. The largest absolute Gasteiger partial charge is 0.383 e. The topological polar surface area (TPSA) is 53.6 Å². The molecule has 1 aromatic heterocycles. The quantitative estimate of drug-likeness (QED) is 0.770. The molecular formula is C16H23N3O2S. The van der Waals surface area contributed by atoms with E-state index in [4.69, 9.17) is 4.74 Å². The van der Waals surface area contributed by atoms with E-state index >= 15 is 0 Å². The Morgan fingerprint density at radius 1 is 1.32 bits per heavy atom. The van der Waals surface area contributed by atoms with Crippen LogP contribution in [0.2, 0.25) is 0 Å². The summed E-state index contributed by atoms with van der Waals surface area (Å²) in [5.41, 5.74) is 1.25. The summed E-state index contributed by atoms with van der Waals surface area (Å²) in [7, 11) is 5.67. The first-order valence-electron chi connectivity index (χ1n) is 7.26. The van der Waals surface area contributed by atoms with Gasteiger partial charge in [0.2, 0.25) is 0 Å². The van der Waals surface area contributed by atoms with Crippen molar-refractivity contribution in [2.75, 3.05) is 40.9 Å². The fourth-order valence-electron chi connectivity index (χ4n) is 2.35.